The van der Waals surface area contributed by atoms with Crippen LogP contribution in [0, 0.1) is 6.92 Å². The minimum Gasteiger partial charge on any atom is -0.398 e. The van der Waals surface area contributed by atoms with Crippen LogP contribution in [0.3, 0.4) is 0 Å². The Morgan fingerprint density at radius 1 is 1.50 bits per heavy atom. The molecule has 3 nitrogen and oxygen atoms in total. The Bertz CT molecular complexity index is 519. The van der Waals surface area contributed by atoms with E-state index in [1.165, 1.54) is 0 Å². The summed E-state index contributed by atoms with van der Waals surface area (Å²) in [5, 5.41) is 3.85. The standard InChI is InChI=1S/C12H12N2OS/c1-8-6-16-7-10(8)12(15)4-9-5-14-3-2-11(9)13/h2-3,5-7H,4H2,1H3,(H2,13,14). The molecule has 2 aromatic heterocycles. The van der Waals surface area contributed by atoms with E-state index in [0.717, 1.165) is 16.7 Å². The lowest BCUT2D eigenvalue weighted by Gasteiger charge is -2.03. The monoisotopic (exact) mass is 232 g/mol. The molecule has 0 saturated heterocycles. The van der Waals surface area contributed by atoms with Crippen molar-refractivity contribution in [2.75, 3.05) is 5.73 Å². The van der Waals surface area contributed by atoms with Crippen molar-refractivity contribution in [1.29, 1.82) is 0 Å². The Labute approximate surface area is 97.9 Å². The number of hydrogen-bond acceptors (Lipinski definition) is 4. The summed E-state index contributed by atoms with van der Waals surface area (Å²) in [4.78, 5) is 15.9. The van der Waals surface area contributed by atoms with Crippen molar-refractivity contribution in [2.45, 2.75) is 13.3 Å². The summed E-state index contributed by atoms with van der Waals surface area (Å²) < 4.78 is 0. The van der Waals surface area contributed by atoms with Crippen molar-refractivity contribution in [3.63, 3.8) is 0 Å². The molecule has 2 rings (SSSR count). The average Bonchev–Trinajstić information content (AvgIpc) is 2.68. The van der Waals surface area contributed by atoms with Crippen molar-refractivity contribution < 1.29 is 4.79 Å². The van der Waals surface area contributed by atoms with E-state index in [2.05, 4.69) is 4.98 Å². The van der Waals surface area contributed by atoms with Crippen LogP contribution in [0.1, 0.15) is 21.5 Å². The fourth-order valence-corrected chi connectivity index (χ4v) is 2.35. The van der Waals surface area contributed by atoms with Crippen molar-refractivity contribution in [2.24, 2.45) is 0 Å². The van der Waals surface area contributed by atoms with Gasteiger partial charge in [0.25, 0.3) is 0 Å². The summed E-state index contributed by atoms with van der Waals surface area (Å²) in [6, 6.07) is 1.71. The number of rotatable bonds is 3. The lowest BCUT2D eigenvalue weighted by Crippen LogP contribution is -2.06. The lowest BCUT2D eigenvalue weighted by molar-refractivity contribution is 0.0993. The molecule has 2 N–H and O–H groups in total. The van der Waals surface area contributed by atoms with Gasteiger partial charge in [0.2, 0.25) is 0 Å². The molecule has 82 valence electrons. The Hall–Kier alpha value is -1.68. The first-order valence-corrected chi connectivity index (χ1v) is 5.87. The fourth-order valence-electron chi connectivity index (χ4n) is 1.50. The van der Waals surface area contributed by atoms with Gasteiger partial charge in [-0.25, -0.2) is 0 Å². The fraction of sp³-hybridized carbons (Fsp3) is 0.167. The highest BCUT2D eigenvalue weighted by molar-refractivity contribution is 7.08. The number of aryl methyl sites for hydroxylation is 1. The third-order valence-electron chi connectivity index (χ3n) is 2.45. The maximum absolute atomic E-state index is 12.0. The molecule has 2 aromatic rings. The van der Waals surface area contributed by atoms with Crippen LogP contribution in [0.2, 0.25) is 0 Å². The SMILES string of the molecule is Cc1cscc1C(=O)Cc1cnccc1N. The zero-order valence-corrected chi connectivity index (χ0v) is 9.75. The highest BCUT2D eigenvalue weighted by Gasteiger charge is 2.12. The maximum Gasteiger partial charge on any atom is 0.168 e. The highest BCUT2D eigenvalue weighted by Crippen LogP contribution is 2.18. The quantitative estimate of drug-likeness (QED) is 0.827. The van der Waals surface area contributed by atoms with Gasteiger partial charge in [0.05, 0.1) is 0 Å². The molecule has 0 fully saturated rings. The maximum atomic E-state index is 12.0. The van der Waals surface area contributed by atoms with Crippen molar-refractivity contribution >= 4 is 22.8 Å². The first-order valence-electron chi connectivity index (χ1n) is 4.93. The van der Waals surface area contributed by atoms with Crippen molar-refractivity contribution in [1.82, 2.24) is 4.98 Å². The molecule has 0 aliphatic carbocycles. The molecule has 0 bridgehead atoms. The molecule has 0 aromatic carbocycles. The van der Waals surface area contributed by atoms with Crippen LogP contribution in [-0.2, 0) is 6.42 Å². The molecule has 0 aliphatic heterocycles. The van der Waals surface area contributed by atoms with E-state index in [0.29, 0.717) is 12.1 Å². The minimum absolute atomic E-state index is 0.0958. The van der Waals surface area contributed by atoms with Gasteiger partial charge in [-0.2, -0.15) is 11.3 Å². The number of carbonyl (C=O) groups is 1. The predicted octanol–water partition coefficient (Wildman–Crippen LogP) is 2.46. The average molecular weight is 232 g/mol. The van der Waals surface area contributed by atoms with E-state index in [-0.39, 0.29) is 5.78 Å². The Kier molecular flexibility index (Phi) is 3.01. The summed E-state index contributed by atoms with van der Waals surface area (Å²) in [5.74, 6) is 0.0958. The number of anilines is 1. The van der Waals surface area contributed by atoms with Gasteiger partial charge >= 0.3 is 0 Å². The topological polar surface area (TPSA) is 56.0 Å². The molecule has 0 spiro atoms. The van der Waals surface area contributed by atoms with Gasteiger partial charge < -0.3 is 5.73 Å². The number of ketones is 1. The molecule has 2 heterocycles. The van der Waals surface area contributed by atoms with Crippen molar-refractivity contribution in [3.05, 3.63) is 45.9 Å². The smallest absolute Gasteiger partial charge is 0.168 e. The molecule has 0 unspecified atom stereocenters. The van der Waals surface area contributed by atoms with E-state index in [1.807, 2.05) is 17.7 Å². The highest BCUT2D eigenvalue weighted by atomic mass is 32.1. The third-order valence-corrected chi connectivity index (χ3v) is 3.31. The van der Waals surface area contributed by atoms with E-state index in [1.54, 1.807) is 29.8 Å². The number of pyridine rings is 1. The van der Waals surface area contributed by atoms with Gasteiger partial charge in [-0.3, -0.25) is 9.78 Å². The molecule has 0 amide bonds. The van der Waals surface area contributed by atoms with Gasteiger partial charge in [-0.15, -0.1) is 0 Å². The number of aromatic nitrogens is 1. The molecule has 4 heteroatoms. The summed E-state index contributed by atoms with van der Waals surface area (Å²) in [6.07, 6.45) is 3.59. The number of nitrogens with two attached hydrogens (primary N) is 1. The predicted molar refractivity (Wildman–Crippen MR) is 65.7 cm³/mol. The second-order valence-electron chi connectivity index (χ2n) is 3.64. The number of hydrogen-bond donors (Lipinski definition) is 1. The van der Waals surface area contributed by atoms with Gasteiger partial charge in [0, 0.05) is 41.0 Å². The van der Waals surface area contributed by atoms with Crippen LogP contribution in [0.15, 0.2) is 29.2 Å². The summed E-state index contributed by atoms with van der Waals surface area (Å²) in [7, 11) is 0. The number of carbonyl (C=O) groups excluding carboxylic acids is 1. The normalized spacial score (nSPS) is 10.3. The zero-order chi connectivity index (χ0) is 11.5. The Morgan fingerprint density at radius 3 is 2.94 bits per heavy atom. The van der Waals surface area contributed by atoms with E-state index in [9.17, 15) is 4.79 Å². The first kappa shape index (κ1) is 10.8. The van der Waals surface area contributed by atoms with Crippen LogP contribution in [-0.4, -0.2) is 10.8 Å². The molecule has 0 atom stereocenters. The van der Waals surface area contributed by atoms with Crippen LogP contribution >= 0.6 is 11.3 Å². The summed E-state index contributed by atoms with van der Waals surface area (Å²) in [5.41, 5.74) is 8.99. The Morgan fingerprint density at radius 2 is 2.31 bits per heavy atom. The molecular weight excluding hydrogens is 220 g/mol. The lowest BCUT2D eigenvalue weighted by atomic mass is 10.0. The Balaban J connectivity index is 2.21. The van der Waals surface area contributed by atoms with E-state index in [4.69, 9.17) is 5.73 Å². The van der Waals surface area contributed by atoms with Crippen molar-refractivity contribution in [3.8, 4) is 0 Å². The van der Waals surface area contributed by atoms with Crippen LogP contribution in [0.5, 0.6) is 0 Å². The second kappa shape index (κ2) is 4.45. The molecule has 0 saturated carbocycles. The van der Waals surface area contributed by atoms with E-state index >= 15 is 0 Å². The molecular formula is C12H12N2OS. The van der Waals surface area contributed by atoms with Gasteiger partial charge in [-0.05, 0) is 23.9 Å². The summed E-state index contributed by atoms with van der Waals surface area (Å²) >= 11 is 1.54. The second-order valence-corrected chi connectivity index (χ2v) is 4.39. The largest absolute Gasteiger partial charge is 0.398 e. The van der Waals surface area contributed by atoms with Gasteiger partial charge in [0.15, 0.2) is 5.78 Å². The van der Waals surface area contributed by atoms with Crippen LogP contribution in [0.4, 0.5) is 5.69 Å². The van der Waals surface area contributed by atoms with Crippen LogP contribution < -0.4 is 5.73 Å². The minimum atomic E-state index is 0.0958. The third kappa shape index (κ3) is 2.12. The van der Waals surface area contributed by atoms with Crippen LogP contribution in [0.25, 0.3) is 0 Å². The van der Waals surface area contributed by atoms with E-state index < -0.39 is 0 Å². The number of nitrogens with zero attached hydrogens (tertiary/aromatic N) is 1. The first-order chi connectivity index (χ1) is 7.68. The van der Waals surface area contributed by atoms with Gasteiger partial charge in [0.1, 0.15) is 0 Å². The van der Waals surface area contributed by atoms with Gasteiger partial charge in [-0.1, -0.05) is 0 Å². The molecule has 16 heavy (non-hydrogen) atoms. The zero-order valence-electron chi connectivity index (χ0n) is 8.93. The molecule has 0 radical (unpaired) electrons. The summed E-state index contributed by atoms with van der Waals surface area (Å²) in [6.45, 7) is 1.94. The number of Topliss-reactive ketones (excluding diaryl/α,β-unsaturated/α-hetero) is 1. The number of thiophene rings is 1. The molecule has 0 aliphatic rings. The number of nitrogen functional groups attached to an aromatic ring is 1.